The van der Waals surface area contributed by atoms with Crippen LogP contribution < -0.4 is 42.4 Å². The number of hydrogen-bond donors (Lipinski definition) is 10. The molecule has 18 nitrogen and oxygen atoms in total. The Bertz CT molecular complexity index is 3170. The van der Waals surface area contributed by atoms with Crippen LogP contribution in [-0.2, 0) is 37.4 Å². The van der Waals surface area contributed by atoms with Crippen LogP contribution in [0.2, 0.25) is 0 Å². The number of carbonyl (C=O) groups is 6. The van der Waals surface area contributed by atoms with Crippen molar-refractivity contribution < 1.29 is 48.8 Å². The number of aromatic nitrogens is 1. The predicted molar refractivity (Wildman–Crippen MR) is 294 cm³/mol. The van der Waals surface area contributed by atoms with E-state index >= 15 is 0 Å². The Kier molecular flexibility index (Phi) is 17.4. The third-order valence-corrected chi connectivity index (χ3v) is 14.0. The zero-order valence-corrected chi connectivity index (χ0v) is 43.6. The maximum absolute atomic E-state index is 13.3. The van der Waals surface area contributed by atoms with Crippen molar-refractivity contribution in [3.05, 3.63) is 132 Å². The highest BCUT2D eigenvalue weighted by molar-refractivity contribution is 14.1. The Morgan fingerprint density at radius 3 is 2.22 bits per heavy atom. The quantitative estimate of drug-likeness (QED) is 0.0195. The fourth-order valence-electron chi connectivity index (χ4n) is 8.03. The van der Waals surface area contributed by atoms with E-state index < -0.39 is 59.0 Å². The van der Waals surface area contributed by atoms with E-state index in [-0.39, 0.29) is 48.8 Å². The van der Waals surface area contributed by atoms with Gasteiger partial charge >= 0.3 is 17.8 Å². The second-order valence-corrected chi connectivity index (χ2v) is 19.5. The van der Waals surface area contributed by atoms with Crippen LogP contribution in [0.1, 0.15) is 22.3 Å². The highest BCUT2D eigenvalue weighted by Crippen LogP contribution is 2.43. The van der Waals surface area contributed by atoms with Gasteiger partial charge in [-0.2, -0.15) is 11.3 Å². The zero-order valence-electron chi connectivity index (χ0n) is 38.5. The summed E-state index contributed by atoms with van der Waals surface area (Å²) in [6, 6.07) is 25.6. The van der Waals surface area contributed by atoms with E-state index in [1.807, 2.05) is 53.2 Å². The summed E-state index contributed by atoms with van der Waals surface area (Å²) in [5.74, 6) is -5.18. The molecule has 0 bridgehead atoms. The minimum atomic E-state index is -1.50. The first-order chi connectivity index (χ1) is 34.5. The number of carbonyl (C=O) groups excluding carboxylic acids is 5. The van der Waals surface area contributed by atoms with Gasteiger partial charge in [0.25, 0.3) is 0 Å². The molecule has 5 aromatic carbocycles. The van der Waals surface area contributed by atoms with Gasteiger partial charge in [0.15, 0.2) is 11.5 Å². The van der Waals surface area contributed by atoms with Crippen LogP contribution in [-0.4, -0.2) is 94.1 Å². The Labute approximate surface area is 444 Å². The molecule has 3 atom stereocenters. The third-order valence-electron chi connectivity index (χ3n) is 11.6. The lowest BCUT2D eigenvalue weighted by Crippen LogP contribution is -2.57. The Morgan fingerprint density at radius 2 is 1.56 bits per heavy atom. The number of anilines is 4. The molecule has 72 heavy (non-hydrogen) atoms. The van der Waals surface area contributed by atoms with Crippen LogP contribution in [0.15, 0.2) is 114 Å². The Hall–Kier alpha value is -7.22. The van der Waals surface area contributed by atoms with Gasteiger partial charge < -0.3 is 61.7 Å². The van der Waals surface area contributed by atoms with E-state index in [0.29, 0.717) is 43.3 Å². The van der Waals surface area contributed by atoms with Gasteiger partial charge in [-0.1, -0.05) is 36.4 Å². The highest BCUT2D eigenvalue weighted by Gasteiger charge is 2.32. The smallest absolute Gasteiger partial charge is 0.341 e. The number of carboxylic acid groups (broad SMARTS) is 1. The average molecular weight is 1220 g/mol. The predicted octanol–water partition coefficient (Wildman–Crippen LogP) is 7.13. The number of fused-ring (bicyclic) bond motifs is 1. The van der Waals surface area contributed by atoms with Crippen LogP contribution in [0.5, 0.6) is 17.2 Å². The number of phenolic OH excluding ortho intramolecular Hbond substituents is 1. The van der Waals surface area contributed by atoms with E-state index in [1.165, 1.54) is 25.3 Å². The molecule has 4 amide bonds. The molecule has 0 aliphatic carbocycles. The first-order valence-electron chi connectivity index (χ1n) is 22.1. The van der Waals surface area contributed by atoms with Crippen LogP contribution >= 0.6 is 56.5 Å². The molecule has 11 N–H and O–H groups in total. The maximum atomic E-state index is 13.3. The normalized spacial score (nSPS) is 12.3. The molecule has 0 aliphatic heterocycles. The molecule has 0 spiro atoms. The van der Waals surface area contributed by atoms with E-state index in [9.17, 15) is 44.1 Å². The van der Waals surface area contributed by atoms with E-state index in [0.717, 1.165) is 20.4 Å². The molecule has 0 saturated heterocycles. The number of nitrogens with two attached hydrogens (primary N) is 1. The minimum absolute atomic E-state index is 0.101. The minimum Gasteiger partial charge on any atom is -0.507 e. The van der Waals surface area contributed by atoms with Crippen molar-refractivity contribution in [3.8, 4) is 39.6 Å². The monoisotopic (exact) mass is 1220 g/mol. The van der Waals surface area contributed by atoms with Gasteiger partial charge in [0, 0.05) is 67.4 Å². The van der Waals surface area contributed by atoms with Crippen LogP contribution in [0.4, 0.5) is 22.7 Å². The van der Waals surface area contributed by atoms with E-state index in [1.54, 1.807) is 65.4 Å². The van der Waals surface area contributed by atoms with Crippen molar-refractivity contribution in [2.45, 2.75) is 31.0 Å². The fourth-order valence-corrected chi connectivity index (χ4v) is 10.5. The number of aldehydes is 1. The number of rotatable bonds is 21. The number of aromatic carboxylic acids is 1. The van der Waals surface area contributed by atoms with E-state index in [4.69, 9.17) is 10.5 Å². The maximum Gasteiger partial charge on any atom is 0.341 e. The third kappa shape index (κ3) is 12.6. The number of amides is 4. The van der Waals surface area contributed by atoms with Crippen molar-refractivity contribution in [2.75, 3.05) is 41.5 Å². The van der Waals surface area contributed by atoms with E-state index in [2.05, 4.69) is 77.1 Å². The number of ether oxygens (including phenoxy) is 1. The van der Waals surface area contributed by atoms with Crippen molar-refractivity contribution in [2.24, 2.45) is 12.8 Å². The molecule has 7 rings (SSSR count). The number of halogens is 2. The number of aromatic hydroxyl groups is 2. The summed E-state index contributed by atoms with van der Waals surface area (Å²) >= 11 is 5.79. The van der Waals surface area contributed by atoms with Crippen molar-refractivity contribution >= 4 is 126 Å². The fraction of sp³-hybridized carbons (Fsp3) is 0.176. The summed E-state index contributed by atoms with van der Waals surface area (Å²) in [5.41, 5.74) is 10.7. The van der Waals surface area contributed by atoms with Crippen molar-refractivity contribution in [3.63, 3.8) is 0 Å². The molecule has 0 radical (unpaired) electrons. The summed E-state index contributed by atoms with van der Waals surface area (Å²) in [5, 5.41) is 53.7. The number of phenols is 2. The largest absolute Gasteiger partial charge is 0.507 e. The molecular formula is C51H48I2N8O10S. The Balaban J connectivity index is 1.16. The standard InChI is InChI=1S/C51H48I2N8O10S/c1-61-38-23-40(64)44(51(69)70)46(43(38)45(53)47(61)29-5-3-8-34(21-29)58-50(68)49(67)57-32-12-10-28(11-13-32)30-16-18-72-26-30)60-37(25-62)35(15-17-55-33-7-4-6-31(52)22-33)59-36(48(54)66)24-56-42(65)20-27-9-14-39(63)41(19-27)71-2/h3-14,16,18-19,21-23,25-26,35-37,55,59-60,63-64H,15,17,20,24H2,1-2H3,(H2,54,66)(H,56,65)(H,57,67)(H,58,68)(H,69,70)/t35-,36-,37?/m0/s1. The van der Waals surface area contributed by atoms with Crippen LogP contribution in [0.3, 0.4) is 0 Å². The molecule has 0 fully saturated rings. The number of methoxy groups -OCH3 is 1. The van der Waals surface area contributed by atoms with Gasteiger partial charge in [-0.25, -0.2) is 4.79 Å². The van der Waals surface area contributed by atoms with Gasteiger partial charge in [-0.3, -0.25) is 24.5 Å². The molecule has 7 aromatic rings. The lowest BCUT2D eigenvalue weighted by Gasteiger charge is -2.30. The van der Waals surface area contributed by atoms with Crippen LogP contribution in [0.25, 0.3) is 33.3 Å². The number of hydrogen-bond acceptors (Lipinski definition) is 13. The number of benzene rings is 5. The zero-order chi connectivity index (χ0) is 51.6. The van der Waals surface area contributed by atoms with Gasteiger partial charge in [-0.05, 0) is 140 Å². The van der Waals surface area contributed by atoms with Crippen LogP contribution in [0, 0.1) is 7.14 Å². The molecule has 0 saturated carbocycles. The summed E-state index contributed by atoms with van der Waals surface area (Å²) < 4.78 is 8.33. The van der Waals surface area contributed by atoms with Crippen molar-refractivity contribution in [1.29, 1.82) is 0 Å². The highest BCUT2D eigenvalue weighted by atomic mass is 127. The molecule has 0 aliphatic rings. The molecule has 2 aromatic heterocycles. The Morgan fingerprint density at radius 1 is 0.833 bits per heavy atom. The second kappa shape index (κ2) is 23.8. The average Bonchev–Trinajstić information content (AvgIpc) is 3.98. The molecular weight excluding hydrogens is 1170 g/mol. The topological polar surface area (TPSA) is 275 Å². The first-order valence-corrected chi connectivity index (χ1v) is 25.2. The summed E-state index contributed by atoms with van der Waals surface area (Å²) in [6.45, 7) is -0.0448. The first kappa shape index (κ1) is 52.6. The molecule has 1 unspecified atom stereocenters. The number of aryl methyl sites for hydroxylation is 1. The summed E-state index contributed by atoms with van der Waals surface area (Å²) in [7, 11) is 3.08. The molecule has 21 heteroatoms. The number of nitrogens with zero attached hydrogens (tertiary/aromatic N) is 1. The second-order valence-electron chi connectivity index (χ2n) is 16.4. The summed E-state index contributed by atoms with van der Waals surface area (Å²) in [4.78, 5) is 78.7. The molecule has 2 heterocycles. The number of nitrogens with one attached hydrogen (secondary N) is 6. The lowest BCUT2D eigenvalue weighted by molar-refractivity contribution is -0.132. The molecule has 372 valence electrons. The lowest BCUT2D eigenvalue weighted by atomic mass is 10.0. The number of primary amides is 1. The number of carboxylic acids is 1. The van der Waals surface area contributed by atoms with Gasteiger partial charge in [0.1, 0.15) is 23.6 Å². The number of thiophene rings is 1. The SMILES string of the molecule is COc1cc(CC(=O)NC[C@H](N[C@@H](CCNc2cccc(I)c2)C(C=O)Nc2c(C(=O)O)c(O)cc3c2c(I)c(-c2cccc(NC(=O)C(=O)Nc4ccc(-c5ccsc5)cc4)c2)n3C)C(N)=O)ccc1O. The van der Waals surface area contributed by atoms with Gasteiger partial charge in [0.2, 0.25) is 11.8 Å². The van der Waals surface area contributed by atoms with Gasteiger partial charge in [0.05, 0.1) is 36.5 Å². The van der Waals surface area contributed by atoms with Crippen molar-refractivity contribution in [1.82, 2.24) is 15.2 Å². The van der Waals surface area contributed by atoms with Gasteiger partial charge in [-0.15, -0.1) is 0 Å². The summed E-state index contributed by atoms with van der Waals surface area (Å²) in [6.07, 6.45) is 0.570.